The smallest absolute Gasteiger partial charge is 0.235 e. The Bertz CT molecular complexity index is 784. The van der Waals surface area contributed by atoms with Crippen LogP contribution in [0.5, 0.6) is 5.75 Å². The Kier molecular flexibility index (Phi) is 6.42. The number of nitriles is 1. The molecule has 0 aliphatic heterocycles. The number of amides is 1. The zero-order valence-corrected chi connectivity index (χ0v) is 15.6. The molecule has 2 rings (SSSR count). The molecule has 7 nitrogen and oxygen atoms in total. The van der Waals surface area contributed by atoms with Crippen LogP contribution in [0.1, 0.15) is 13.3 Å². The van der Waals surface area contributed by atoms with Crippen LogP contribution in [0.15, 0.2) is 29.4 Å². The summed E-state index contributed by atoms with van der Waals surface area (Å²) in [6.45, 7) is 2.25. The summed E-state index contributed by atoms with van der Waals surface area (Å²) in [4.78, 5) is 13.9. The van der Waals surface area contributed by atoms with Gasteiger partial charge in [0.1, 0.15) is 5.75 Å². The minimum absolute atomic E-state index is 0.0397. The molecule has 0 aliphatic rings. The lowest BCUT2D eigenvalue weighted by Crippen LogP contribution is -2.34. The number of para-hydroxylation sites is 1. The molecule has 1 aromatic carbocycles. The number of carbonyl (C=O) groups excluding carboxylic acids is 1. The molecule has 25 heavy (non-hydrogen) atoms. The minimum atomic E-state index is -0.322. The first-order valence-electron chi connectivity index (χ1n) is 7.81. The summed E-state index contributed by atoms with van der Waals surface area (Å²) < 4.78 is 7.23. The summed E-state index contributed by atoms with van der Waals surface area (Å²) in [5, 5.41) is 17.4. The van der Waals surface area contributed by atoms with Gasteiger partial charge in [0, 0.05) is 20.6 Å². The highest BCUT2D eigenvalue weighted by Gasteiger charge is 2.22. The lowest BCUT2D eigenvalue weighted by Gasteiger charge is -2.19. The fraction of sp³-hybridized carbons (Fsp3) is 0.412. The third-order valence-corrected chi connectivity index (χ3v) is 4.87. The zero-order valence-electron chi connectivity index (χ0n) is 14.8. The van der Waals surface area contributed by atoms with Gasteiger partial charge in [-0.3, -0.25) is 4.79 Å². The summed E-state index contributed by atoms with van der Waals surface area (Å²) in [5.74, 6) is 1.36. The Labute approximate surface area is 151 Å². The maximum atomic E-state index is 12.4. The van der Waals surface area contributed by atoms with Gasteiger partial charge in [-0.1, -0.05) is 23.9 Å². The maximum Gasteiger partial charge on any atom is 0.235 e. The van der Waals surface area contributed by atoms with Gasteiger partial charge in [0.15, 0.2) is 11.0 Å². The first-order valence-corrected chi connectivity index (χ1v) is 8.69. The lowest BCUT2D eigenvalue weighted by atomic mass is 10.2. The van der Waals surface area contributed by atoms with Gasteiger partial charge in [-0.15, -0.1) is 10.2 Å². The highest BCUT2D eigenvalue weighted by molar-refractivity contribution is 8.00. The summed E-state index contributed by atoms with van der Waals surface area (Å²) in [5.41, 5.74) is 0.844. The van der Waals surface area contributed by atoms with Crippen molar-refractivity contribution in [2.24, 2.45) is 7.05 Å². The van der Waals surface area contributed by atoms with Gasteiger partial charge in [-0.25, -0.2) is 0 Å². The molecule has 0 bridgehead atoms. The molecule has 1 amide bonds. The van der Waals surface area contributed by atoms with Crippen molar-refractivity contribution in [1.29, 1.82) is 5.26 Å². The van der Waals surface area contributed by atoms with Gasteiger partial charge in [-0.2, -0.15) is 5.26 Å². The third kappa shape index (κ3) is 4.31. The molecule has 132 valence electrons. The Hall–Kier alpha value is -2.53. The van der Waals surface area contributed by atoms with Crippen molar-refractivity contribution in [3.63, 3.8) is 0 Å². The van der Waals surface area contributed by atoms with Crippen molar-refractivity contribution < 1.29 is 9.53 Å². The van der Waals surface area contributed by atoms with E-state index in [4.69, 9.17) is 10.00 Å². The summed E-state index contributed by atoms with van der Waals surface area (Å²) >= 11 is 1.34. The Balaban J connectivity index is 2.16. The molecule has 1 aromatic heterocycles. The molecule has 0 N–H and O–H groups in total. The summed E-state index contributed by atoms with van der Waals surface area (Å²) in [6, 6.07) is 9.64. The van der Waals surface area contributed by atoms with Gasteiger partial charge in [0.05, 0.1) is 30.4 Å². The van der Waals surface area contributed by atoms with E-state index in [0.717, 1.165) is 11.3 Å². The second-order valence-electron chi connectivity index (χ2n) is 5.49. The topological polar surface area (TPSA) is 84.0 Å². The quantitative estimate of drug-likeness (QED) is 0.706. The second-order valence-corrected chi connectivity index (χ2v) is 6.80. The Morgan fingerprint density at radius 3 is 2.84 bits per heavy atom. The van der Waals surface area contributed by atoms with Crippen LogP contribution in [0.2, 0.25) is 0 Å². The molecule has 0 fully saturated rings. The zero-order chi connectivity index (χ0) is 18.4. The van der Waals surface area contributed by atoms with Gasteiger partial charge in [-0.05, 0) is 19.1 Å². The number of thioether (sulfide) groups is 1. The lowest BCUT2D eigenvalue weighted by molar-refractivity contribution is -0.128. The standard InChI is InChI=1S/C17H21N5O2S/c1-12(16(23)21(2)11-7-10-18)25-17-20-19-15(22(17)3)13-8-5-6-9-14(13)24-4/h5-6,8-9,12H,7,11H2,1-4H3/t12-/m0/s1. The van der Waals surface area contributed by atoms with Crippen molar-refractivity contribution in [1.82, 2.24) is 19.7 Å². The maximum absolute atomic E-state index is 12.4. The van der Waals surface area contributed by atoms with E-state index in [1.165, 1.54) is 11.8 Å². The Morgan fingerprint density at radius 1 is 1.44 bits per heavy atom. The van der Waals surface area contributed by atoms with E-state index < -0.39 is 0 Å². The first kappa shape index (κ1) is 18.8. The average molecular weight is 359 g/mol. The van der Waals surface area contributed by atoms with Crippen molar-refractivity contribution in [2.75, 3.05) is 20.7 Å². The number of ether oxygens (including phenoxy) is 1. The van der Waals surface area contributed by atoms with Crippen molar-refractivity contribution in [2.45, 2.75) is 23.8 Å². The fourth-order valence-electron chi connectivity index (χ4n) is 2.33. The van der Waals surface area contributed by atoms with Gasteiger partial charge in [0.25, 0.3) is 0 Å². The van der Waals surface area contributed by atoms with Crippen molar-refractivity contribution >= 4 is 17.7 Å². The number of hydrogen-bond donors (Lipinski definition) is 0. The van der Waals surface area contributed by atoms with Crippen LogP contribution >= 0.6 is 11.8 Å². The van der Waals surface area contributed by atoms with E-state index in [9.17, 15) is 4.79 Å². The molecule has 1 heterocycles. The number of aromatic nitrogens is 3. The highest BCUT2D eigenvalue weighted by atomic mass is 32.2. The second kappa shape index (κ2) is 8.53. The van der Waals surface area contributed by atoms with Crippen LogP contribution in [0.4, 0.5) is 0 Å². The minimum Gasteiger partial charge on any atom is -0.496 e. The first-order chi connectivity index (χ1) is 12.0. The highest BCUT2D eigenvalue weighted by Crippen LogP contribution is 2.31. The molecule has 0 spiro atoms. The van der Waals surface area contributed by atoms with E-state index in [1.807, 2.05) is 48.9 Å². The van der Waals surface area contributed by atoms with E-state index in [2.05, 4.69) is 10.2 Å². The SMILES string of the molecule is COc1ccccc1-c1nnc(S[C@@H](C)C(=O)N(C)CCC#N)n1C. The van der Waals surface area contributed by atoms with E-state index >= 15 is 0 Å². The predicted molar refractivity (Wildman–Crippen MR) is 96.2 cm³/mol. The third-order valence-electron chi connectivity index (χ3n) is 3.75. The molecular formula is C17H21N5O2S. The normalized spacial score (nSPS) is 11.6. The van der Waals surface area contributed by atoms with Crippen LogP contribution in [-0.4, -0.2) is 51.5 Å². The molecule has 0 saturated carbocycles. The van der Waals surface area contributed by atoms with Gasteiger partial charge >= 0.3 is 0 Å². The van der Waals surface area contributed by atoms with E-state index in [-0.39, 0.29) is 11.2 Å². The number of nitrogens with zero attached hydrogens (tertiary/aromatic N) is 5. The molecular weight excluding hydrogens is 338 g/mol. The molecule has 0 unspecified atom stereocenters. The largest absolute Gasteiger partial charge is 0.496 e. The van der Waals surface area contributed by atoms with E-state index in [0.29, 0.717) is 23.9 Å². The number of rotatable bonds is 7. The summed E-state index contributed by atoms with van der Waals surface area (Å²) in [7, 11) is 5.18. The van der Waals surface area contributed by atoms with Crippen LogP contribution < -0.4 is 4.74 Å². The molecule has 2 aromatic rings. The number of benzene rings is 1. The van der Waals surface area contributed by atoms with Crippen molar-refractivity contribution in [3.05, 3.63) is 24.3 Å². The average Bonchev–Trinajstić information content (AvgIpc) is 2.99. The predicted octanol–water partition coefficient (Wildman–Crippen LogP) is 2.34. The number of hydrogen-bond acceptors (Lipinski definition) is 6. The molecule has 1 atom stereocenters. The van der Waals surface area contributed by atoms with Crippen LogP contribution in [-0.2, 0) is 11.8 Å². The summed E-state index contributed by atoms with van der Waals surface area (Å²) in [6.07, 6.45) is 0.321. The molecule has 0 radical (unpaired) electrons. The molecule has 8 heteroatoms. The van der Waals surface area contributed by atoms with Crippen LogP contribution in [0, 0.1) is 11.3 Å². The molecule has 0 aliphatic carbocycles. The van der Waals surface area contributed by atoms with E-state index in [1.54, 1.807) is 19.1 Å². The monoisotopic (exact) mass is 359 g/mol. The number of methoxy groups -OCH3 is 1. The van der Waals surface area contributed by atoms with Gasteiger partial charge < -0.3 is 14.2 Å². The molecule has 0 saturated heterocycles. The van der Waals surface area contributed by atoms with Crippen molar-refractivity contribution in [3.8, 4) is 23.2 Å². The van der Waals surface area contributed by atoms with Crippen LogP contribution in [0.3, 0.4) is 0 Å². The fourth-order valence-corrected chi connectivity index (χ4v) is 3.26. The number of carbonyl (C=O) groups is 1. The van der Waals surface area contributed by atoms with Crippen LogP contribution in [0.25, 0.3) is 11.4 Å². The Morgan fingerprint density at radius 2 is 2.16 bits per heavy atom. The van der Waals surface area contributed by atoms with Gasteiger partial charge in [0.2, 0.25) is 5.91 Å².